The number of carboxylic acids is 1. The molecule has 0 saturated heterocycles. The van der Waals surface area contributed by atoms with Crippen LogP contribution in [0.1, 0.15) is 21.6 Å². The number of hydrogen-bond acceptors (Lipinski definition) is 2. The van der Waals surface area contributed by atoms with Crippen LogP contribution in [0.3, 0.4) is 0 Å². The maximum atomic E-state index is 13.1. The summed E-state index contributed by atoms with van der Waals surface area (Å²) in [5, 5.41) is 11.1. The summed E-state index contributed by atoms with van der Waals surface area (Å²) in [6.07, 6.45) is -0.233. The molecule has 0 saturated carbocycles. The maximum absolute atomic E-state index is 13.1. The monoisotopic (exact) mass is 423 g/mol. The van der Waals surface area contributed by atoms with E-state index in [9.17, 15) is 14.7 Å². The summed E-state index contributed by atoms with van der Waals surface area (Å²) in [5.41, 5.74) is 3.64. The number of carboxylic acid groups (broad SMARTS) is 1. The number of ketones is 1. The number of aromatic amines is 1. The van der Waals surface area contributed by atoms with E-state index in [-0.39, 0.29) is 12.2 Å². The molecule has 144 valence electrons. The van der Waals surface area contributed by atoms with E-state index in [2.05, 4.69) is 4.98 Å². The lowest BCUT2D eigenvalue weighted by atomic mass is 9.98. The highest BCUT2D eigenvalue weighted by Crippen LogP contribution is 2.31. The standard InChI is InChI=1S/C23H15Cl2NO3/c24-15-9-10-16(19(25)11-15)13-5-7-14(8-6-13)23(29)22-18(12-21(27)28)17-3-1-2-4-20(17)26-22/h1-11,26H,12H2,(H,27,28). The summed E-state index contributed by atoms with van der Waals surface area (Å²) < 4.78 is 0. The zero-order valence-electron chi connectivity index (χ0n) is 15.1. The third kappa shape index (κ3) is 3.77. The van der Waals surface area contributed by atoms with Gasteiger partial charge in [0.2, 0.25) is 5.78 Å². The number of carbonyl (C=O) groups excluding carboxylic acids is 1. The highest BCUT2D eigenvalue weighted by atomic mass is 35.5. The zero-order valence-corrected chi connectivity index (χ0v) is 16.6. The topological polar surface area (TPSA) is 70.2 Å². The molecule has 1 heterocycles. The van der Waals surface area contributed by atoms with Crippen LogP contribution >= 0.6 is 23.2 Å². The largest absolute Gasteiger partial charge is 0.481 e. The smallest absolute Gasteiger partial charge is 0.307 e. The van der Waals surface area contributed by atoms with E-state index < -0.39 is 5.97 Å². The number of aromatic nitrogens is 1. The molecule has 0 aliphatic heterocycles. The first-order valence-electron chi connectivity index (χ1n) is 8.85. The van der Waals surface area contributed by atoms with Gasteiger partial charge in [-0.05, 0) is 23.8 Å². The molecule has 0 amide bonds. The molecule has 4 nitrogen and oxygen atoms in total. The Morgan fingerprint density at radius 1 is 0.931 bits per heavy atom. The Labute approximate surface area is 176 Å². The third-order valence-corrected chi connectivity index (χ3v) is 5.31. The second-order valence-electron chi connectivity index (χ2n) is 6.63. The Morgan fingerprint density at radius 2 is 1.66 bits per heavy atom. The molecule has 0 unspecified atom stereocenters. The molecule has 0 spiro atoms. The molecule has 0 bridgehead atoms. The van der Waals surface area contributed by atoms with Gasteiger partial charge in [0.25, 0.3) is 0 Å². The highest BCUT2D eigenvalue weighted by Gasteiger charge is 2.21. The summed E-state index contributed by atoms with van der Waals surface area (Å²) in [6, 6.07) is 19.6. The van der Waals surface area contributed by atoms with Crippen molar-refractivity contribution >= 4 is 45.9 Å². The minimum Gasteiger partial charge on any atom is -0.481 e. The molecule has 4 rings (SSSR count). The fraction of sp³-hybridized carbons (Fsp3) is 0.0435. The Kier molecular flexibility index (Phi) is 5.14. The molecule has 29 heavy (non-hydrogen) atoms. The zero-order chi connectivity index (χ0) is 20.5. The SMILES string of the molecule is O=C(O)Cc1c(C(=O)c2ccc(-c3ccc(Cl)cc3Cl)cc2)[nH]c2ccccc12. The lowest BCUT2D eigenvalue weighted by molar-refractivity contribution is -0.136. The van der Waals surface area contributed by atoms with E-state index in [4.69, 9.17) is 23.2 Å². The first kappa shape index (κ1) is 19.2. The summed E-state index contributed by atoms with van der Waals surface area (Å²) in [7, 11) is 0. The van der Waals surface area contributed by atoms with Crippen molar-refractivity contribution in [1.29, 1.82) is 0 Å². The second kappa shape index (κ2) is 7.74. The predicted octanol–water partition coefficient (Wildman–Crippen LogP) is 6.00. The van der Waals surface area contributed by atoms with Crippen LogP contribution in [0.4, 0.5) is 0 Å². The van der Waals surface area contributed by atoms with Gasteiger partial charge in [0.05, 0.1) is 12.1 Å². The van der Waals surface area contributed by atoms with Gasteiger partial charge in [-0.25, -0.2) is 0 Å². The van der Waals surface area contributed by atoms with Crippen LogP contribution in [0, 0.1) is 0 Å². The summed E-state index contributed by atoms with van der Waals surface area (Å²) in [4.78, 5) is 27.5. The van der Waals surface area contributed by atoms with Crippen molar-refractivity contribution in [3.8, 4) is 11.1 Å². The van der Waals surface area contributed by atoms with Gasteiger partial charge in [-0.3, -0.25) is 9.59 Å². The Balaban J connectivity index is 1.72. The molecule has 6 heteroatoms. The van der Waals surface area contributed by atoms with Crippen LogP contribution in [0.15, 0.2) is 66.7 Å². The normalized spacial score (nSPS) is 11.0. The summed E-state index contributed by atoms with van der Waals surface area (Å²) in [6.45, 7) is 0. The van der Waals surface area contributed by atoms with Gasteiger partial charge in [-0.2, -0.15) is 0 Å². The number of carbonyl (C=O) groups is 2. The highest BCUT2D eigenvalue weighted by molar-refractivity contribution is 6.36. The van der Waals surface area contributed by atoms with Crippen LogP contribution in [0.2, 0.25) is 10.0 Å². The molecule has 2 N–H and O–H groups in total. The summed E-state index contributed by atoms with van der Waals surface area (Å²) in [5.74, 6) is -1.25. The first-order valence-corrected chi connectivity index (χ1v) is 9.61. The minimum atomic E-state index is -0.989. The Bertz CT molecular complexity index is 1240. The lowest BCUT2D eigenvalue weighted by Gasteiger charge is -2.07. The van der Waals surface area contributed by atoms with E-state index in [1.807, 2.05) is 42.5 Å². The van der Waals surface area contributed by atoms with Crippen molar-refractivity contribution in [2.45, 2.75) is 6.42 Å². The van der Waals surface area contributed by atoms with Crippen molar-refractivity contribution in [2.24, 2.45) is 0 Å². The third-order valence-electron chi connectivity index (χ3n) is 4.76. The molecule has 3 aromatic carbocycles. The van der Waals surface area contributed by atoms with Gasteiger partial charge in [0.15, 0.2) is 0 Å². The number of hydrogen-bond donors (Lipinski definition) is 2. The first-order chi connectivity index (χ1) is 13.9. The van der Waals surface area contributed by atoms with E-state index in [0.717, 1.165) is 22.0 Å². The van der Waals surface area contributed by atoms with Crippen LogP contribution < -0.4 is 0 Å². The predicted molar refractivity (Wildman–Crippen MR) is 115 cm³/mol. The van der Waals surface area contributed by atoms with Crippen molar-refractivity contribution in [3.05, 3.63) is 93.6 Å². The minimum absolute atomic E-state index is 0.233. The molecule has 1 aromatic heterocycles. The van der Waals surface area contributed by atoms with Gasteiger partial charge in [-0.15, -0.1) is 0 Å². The maximum Gasteiger partial charge on any atom is 0.307 e. The lowest BCUT2D eigenvalue weighted by Crippen LogP contribution is -2.08. The molecule has 0 radical (unpaired) electrons. The fourth-order valence-corrected chi connectivity index (χ4v) is 3.92. The molecule has 0 fully saturated rings. The quantitative estimate of drug-likeness (QED) is 0.386. The average molecular weight is 424 g/mol. The number of halogens is 2. The van der Waals surface area contributed by atoms with Crippen molar-refractivity contribution in [2.75, 3.05) is 0 Å². The number of benzene rings is 3. The van der Waals surface area contributed by atoms with Crippen LogP contribution in [0.25, 0.3) is 22.0 Å². The average Bonchev–Trinajstić information content (AvgIpc) is 3.06. The van der Waals surface area contributed by atoms with Crippen molar-refractivity contribution in [3.63, 3.8) is 0 Å². The second-order valence-corrected chi connectivity index (χ2v) is 7.47. The van der Waals surface area contributed by atoms with Crippen LogP contribution in [0.5, 0.6) is 0 Å². The molecular weight excluding hydrogens is 409 g/mol. The van der Waals surface area contributed by atoms with Crippen LogP contribution in [-0.2, 0) is 11.2 Å². The van der Waals surface area contributed by atoms with Gasteiger partial charge < -0.3 is 10.1 Å². The molecule has 0 atom stereocenters. The van der Waals surface area contributed by atoms with Gasteiger partial charge in [0.1, 0.15) is 0 Å². The van der Waals surface area contributed by atoms with Gasteiger partial charge >= 0.3 is 5.97 Å². The van der Waals surface area contributed by atoms with Gasteiger partial charge in [0, 0.05) is 37.6 Å². The Hall–Kier alpha value is -3.08. The van der Waals surface area contributed by atoms with Gasteiger partial charge in [-0.1, -0.05) is 71.7 Å². The number of aliphatic carboxylic acids is 1. The summed E-state index contributed by atoms with van der Waals surface area (Å²) >= 11 is 12.2. The number of para-hydroxylation sites is 1. The number of nitrogens with one attached hydrogen (secondary N) is 1. The van der Waals surface area contributed by atoms with E-state index in [1.165, 1.54) is 0 Å². The Morgan fingerprint density at radius 3 is 2.34 bits per heavy atom. The fourth-order valence-electron chi connectivity index (χ4n) is 3.40. The van der Waals surface area contributed by atoms with E-state index in [0.29, 0.717) is 26.9 Å². The molecule has 0 aliphatic carbocycles. The van der Waals surface area contributed by atoms with Crippen molar-refractivity contribution in [1.82, 2.24) is 4.98 Å². The van der Waals surface area contributed by atoms with E-state index in [1.54, 1.807) is 24.3 Å². The van der Waals surface area contributed by atoms with Crippen molar-refractivity contribution < 1.29 is 14.7 Å². The molecule has 4 aromatic rings. The molecule has 0 aliphatic rings. The number of fused-ring (bicyclic) bond motifs is 1. The van der Waals surface area contributed by atoms with Crippen LogP contribution in [-0.4, -0.2) is 21.8 Å². The van der Waals surface area contributed by atoms with E-state index >= 15 is 0 Å². The molecular formula is C23H15Cl2NO3. The number of H-pyrrole nitrogens is 1. The number of rotatable bonds is 5.